The molecule has 0 unspecified atom stereocenters. The monoisotopic (exact) mass is 405 g/mol. The first-order chi connectivity index (χ1) is 13.6. The Morgan fingerprint density at radius 1 is 1.04 bits per heavy atom. The number of rotatable bonds is 10. The van der Waals surface area contributed by atoms with Crippen LogP contribution in [0, 0.1) is 5.82 Å². The van der Waals surface area contributed by atoms with E-state index in [0.717, 1.165) is 73.9 Å². The number of hydrogen-bond donors (Lipinski definition) is 1. The first-order valence-electron chi connectivity index (χ1n) is 9.77. The van der Waals surface area contributed by atoms with E-state index in [1.165, 1.54) is 12.1 Å². The second-order valence-electron chi connectivity index (χ2n) is 6.44. The summed E-state index contributed by atoms with van der Waals surface area (Å²) in [5, 5.41) is 7.00. The Kier molecular flexibility index (Phi) is 11.5. The molecule has 0 aromatic heterocycles. The third-order valence-corrected chi connectivity index (χ3v) is 5.26. The standard InChI is InChI=1S/C22H28FNOS.CH4O/c1-4-6-12-24(13-7-5-2)20-14-17(16-25)15-21(26-3)22(20)18-8-10-19(23)11-9-18;1-2/h8-11,14-16H,4-7,12-13H2,1-3H3;2H,1H3. The predicted molar refractivity (Wildman–Crippen MR) is 119 cm³/mol. The Morgan fingerprint density at radius 3 is 2.07 bits per heavy atom. The zero-order valence-corrected chi connectivity index (χ0v) is 18.2. The van der Waals surface area contributed by atoms with Crippen molar-refractivity contribution in [1.82, 2.24) is 0 Å². The minimum atomic E-state index is -0.237. The van der Waals surface area contributed by atoms with Gasteiger partial charge in [-0.25, -0.2) is 4.39 Å². The highest BCUT2D eigenvalue weighted by atomic mass is 32.2. The Bertz CT molecular complexity index is 711. The van der Waals surface area contributed by atoms with E-state index in [4.69, 9.17) is 5.11 Å². The molecule has 0 atom stereocenters. The average molecular weight is 406 g/mol. The number of aliphatic hydroxyl groups excluding tert-OH is 1. The van der Waals surface area contributed by atoms with E-state index in [0.29, 0.717) is 5.56 Å². The lowest BCUT2D eigenvalue weighted by Gasteiger charge is -2.29. The number of carbonyl (C=O) groups is 1. The molecule has 3 nitrogen and oxygen atoms in total. The number of unbranched alkanes of at least 4 members (excludes halogenated alkanes) is 2. The van der Waals surface area contributed by atoms with Gasteiger partial charge in [0.25, 0.3) is 0 Å². The quantitative estimate of drug-likeness (QED) is 0.386. The van der Waals surface area contributed by atoms with E-state index in [1.807, 2.05) is 30.5 Å². The van der Waals surface area contributed by atoms with Crippen LogP contribution in [0.15, 0.2) is 41.3 Å². The van der Waals surface area contributed by atoms with Crippen molar-refractivity contribution in [1.29, 1.82) is 0 Å². The van der Waals surface area contributed by atoms with Crippen LogP contribution in [0.4, 0.5) is 10.1 Å². The third-order valence-electron chi connectivity index (χ3n) is 4.50. The molecule has 0 heterocycles. The Labute approximate surface area is 173 Å². The van der Waals surface area contributed by atoms with Crippen LogP contribution in [0.3, 0.4) is 0 Å². The summed E-state index contributed by atoms with van der Waals surface area (Å²) < 4.78 is 13.4. The van der Waals surface area contributed by atoms with Crippen molar-refractivity contribution in [3.8, 4) is 11.1 Å². The number of halogens is 1. The van der Waals surface area contributed by atoms with Crippen LogP contribution in [-0.4, -0.2) is 37.8 Å². The fourth-order valence-electron chi connectivity index (χ4n) is 3.06. The van der Waals surface area contributed by atoms with E-state index in [9.17, 15) is 9.18 Å². The molecule has 1 N–H and O–H groups in total. The molecule has 0 spiro atoms. The van der Waals surface area contributed by atoms with Gasteiger partial charge < -0.3 is 10.0 Å². The first-order valence-corrected chi connectivity index (χ1v) is 11.0. The zero-order valence-electron chi connectivity index (χ0n) is 17.4. The number of anilines is 1. The van der Waals surface area contributed by atoms with Gasteiger partial charge in [0.15, 0.2) is 0 Å². The molecule has 154 valence electrons. The van der Waals surface area contributed by atoms with Crippen LogP contribution in [0.2, 0.25) is 0 Å². The molecule has 0 bridgehead atoms. The maximum absolute atomic E-state index is 13.4. The van der Waals surface area contributed by atoms with Crippen LogP contribution in [-0.2, 0) is 0 Å². The van der Waals surface area contributed by atoms with E-state index in [2.05, 4.69) is 18.7 Å². The molecule has 0 aliphatic carbocycles. The molecule has 0 aliphatic rings. The zero-order chi connectivity index (χ0) is 20.9. The number of carbonyl (C=O) groups excluding carboxylic acids is 1. The second-order valence-corrected chi connectivity index (χ2v) is 7.28. The summed E-state index contributed by atoms with van der Waals surface area (Å²) >= 11 is 1.62. The van der Waals surface area contributed by atoms with Crippen LogP contribution in [0.1, 0.15) is 49.9 Å². The number of benzene rings is 2. The predicted octanol–water partition coefficient (Wildman–Crippen LogP) is 6.04. The van der Waals surface area contributed by atoms with Gasteiger partial charge in [0, 0.05) is 41.9 Å². The normalized spacial score (nSPS) is 10.2. The summed E-state index contributed by atoms with van der Waals surface area (Å²) in [6.07, 6.45) is 7.38. The highest BCUT2D eigenvalue weighted by molar-refractivity contribution is 7.98. The molecular weight excluding hydrogens is 373 g/mol. The molecule has 5 heteroatoms. The maximum atomic E-state index is 13.4. The van der Waals surface area contributed by atoms with Gasteiger partial charge in [-0.3, -0.25) is 4.79 Å². The lowest BCUT2D eigenvalue weighted by Crippen LogP contribution is -2.26. The van der Waals surface area contributed by atoms with E-state index < -0.39 is 0 Å². The smallest absolute Gasteiger partial charge is 0.150 e. The summed E-state index contributed by atoms with van der Waals surface area (Å²) in [6.45, 7) is 6.30. The van der Waals surface area contributed by atoms with Gasteiger partial charge >= 0.3 is 0 Å². The molecule has 0 aliphatic heterocycles. The van der Waals surface area contributed by atoms with Crippen molar-refractivity contribution in [2.75, 3.05) is 31.4 Å². The van der Waals surface area contributed by atoms with Gasteiger partial charge in [0.1, 0.15) is 12.1 Å². The largest absolute Gasteiger partial charge is 0.400 e. The first kappa shape index (κ1) is 24.2. The molecule has 0 radical (unpaired) electrons. The topological polar surface area (TPSA) is 40.5 Å². The van der Waals surface area contributed by atoms with Gasteiger partial charge in [0.2, 0.25) is 0 Å². The Morgan fingerprint density at radius 2 is 1.61 bits per heavy atom. The fraction of sp³-hybridized carbons (Fsp3) is 0.435. The van der Waals surface area contributed by atoms with E-state index >= 15 is 0 Å². The third kappa shape index (κ3) is 6.64. The van der Waals surface area contributed by atoms with E-state index in [-0.39, 0.29) is 5.82 Å². The molecule has 28 heavy (non-hydrogen) atoms. The van der Waals surface area contributed by atoms with Crippen LogP contribution < -0.4 is 4.90 Å². The molecule has 0 saturated heterocycles. The van der Waals surface area contributed by atoms with Gasteiger partial charge in [0.05, 0.1) is 0 Å². The number of nitrogens with zero attached hydrogens (tertiary/aromatic N) is 1. The maximum Gasteiger partial charge on any atom is 0.150 e. The molecule has 0 amide bonds. The molecule has 0 fully saturated rings. The van der Waals surface area contributed by atoms with Gasteiger partial charge in [-0.1, -0.05) is 38.8 Å². The van der Waals surface area contributed by atoms with Gasteiger partial charge in [-0.15, -0.1) is 11.8 Å². The van der Waals surface area contributed by atoms with Gasteiger partial charge in [-0.2, -0.15) is 0 Å². The molecule has 0 saturated carbocycles. The highest BCUT2D eigenvalue weighted by Gasteiger charge is 2.18. The van der Waals surface area contributed by atoms with Crippen LogP contribution in [0.25, 0.3) is 11.1 Å². The minimum Gasteiger partial charge on any atom is -0.400 e. The summed E-state index contributed by atoms with van der Waals surface area (Å²) in [4.78, 5) is 14.9. The van der Waals surface area contributed by atoms with Crippen molar-refractivity contribution in [2.24, 2.45) is 0 Å². The Hall–Kier alpha value is -1.85. The van der Waals surface area contributed by atoms with E-state index in [1.54, 1.807) is 11.8 Å². The summed E-state index contributed by atoms with van der Waals surface area (Å²) in [7, 11) is 1.00. The second kappa shape index (κ2) is 13.3. The summed E-state index contributed by atoms with van der Waals surface area (Å²) in [6, 6.07) is 10.6. The molecular formula is C23H32FNO2S. The van der Waals surface area contributed by atoms with Crippen LogP contribution in [0.5, 0.6) is 0 Å². The lowest BCUT2D eigenvalue weighted by molar-refractivity contribution is 0.112. The number of hydrogen-bond acceptors (Lipinski definition) is 4. The summed E-state index contributed by atoms with van der Waals surface area (Å²) in [5.74, 6) is -0.237. The summed E-state index contributed by atoms with van der Waals surface area (Å²) in [5.41, 5.74) is 3.84. The lowest BCUT2D eigenvalue weighted by atomic mass is 10.00. The minimum absolute atomic E-state index is 0.237. The van der Waals surface area contributed by atoms with Crippen molar-refractivity contribution in [3.63, 3.8) is 0 Å². The van der Waals surface area contributed by atoms with Crippen molar-refractivity contribution >= 4 is 23.7 Å². The molecule has 2 rings (SSSR count). The number of thioether (sulfide) groups is 1. The SMILES string of the molecule is CCCCN(CCCC)c1cc(C=O)cc(SC)c1-c1ccc(F)cc1.CO. The number of aliphatic hydroxyl groups is 1. The van der Waals surface area contributed by atoms with Crippen molar-refractivity contribution in [3.05, 3.63) is 47.8 Å². The van der Waals surface area contributed by atoms with Crippen LogP contribution >= 0.6 is 11.8 Å². The fourth-order valence-corrected chi connectivity index (χ4v) is 3.74. The molecule has 2 aromatic rings. The van der Waals surface area contributed by atoms with Crippen molar-refractivity contribution in [2.45, 2.75) is 44.4 Å². The Balaban J connectivity index is 0.00000190. The highest BCUT2D eigenvalue weighted by Crippen LogP contribution is 2.40. The van der Waals surface area contributed by atoms with Crippen molar-refractivity contribution < 1.29 is 14.3 Å². The number of aldehydes is 1. The molecule has 2 aromatic carbocycles. The van der Waals surface area contributed by atoms with Gasteiger partial charge in [-0.05, 0) is 48.9 Å². The average Bonchev–Trinajstić information content (AvgIpc) is 2.75.